The number of methoxy groups -OCH3 is 2. The number of hydrogen-bond donors (Lipinski definition) is 2. The Bertz CT molecular complexity index is 747. The molecule has 0 radical (unpaired) electrons. The van der Waals surface area contributed by atoms with Crippen LogP contribution in [0.15, 0.2) is 46.0 Å². The number of nitrogens with zero attached hydrogens (tertiary/aromatic N) is 1. The molecule has 2 aromatic rings. The van der Waals surface area contributed by atoms with Crippen LogP contribution in [0.4, 0.5) is 5.69 Å². The Morgan fingerprint density at radius 2 is 1.96 bits per heavy atom. The molecular weight excluding hydrogens is 364 g/mol. The number of rotatable bonds is 6. The van der Waals surface area contributed by atoms with Gasteiger partial charge in [0, 0.05) is 5.56 Å². The first-order valence-corrected chi connectivity index (χ1v) is 7.39. The number of nitrogens with one attached hydrogen (secondary N) is 1. The van der Waals surface area contributed by atoms with E-state index in [1.54, 1.807) is 50.8 Å². The summed E-state index contributed by atoms with van der Waals surface area (Å²) in [7, 11) is 3.10. The van der Waals surface area contributed by atoms with Gasteiger partial charge in [-0.05, 0) is 40.2 Å². The highest BCUT2D eigenvalue weighted by molar-refractivity contribution is 9.10. The van der Waals surface area contributed by atoms with Gasteiger partial charge in [0.15, 0.2) is 11.5 Å². The van der Waals surface area contributed by atoms with Gasteiger partial charge in [0.05, 0.1) is 36.2 Å². The minimum atomic E-state index is -1.02. The third-order valence-corrected chi connectivity index (χ3v) is 3.88. The van der Waals surface area contributed by atoms with E-state index in [-0.39, 0.29) is 5.56 Å². The lowest BCUT2D eigenvalue weighted by Gasteiger charge is -2.11. The Kier molecular flexibility index (Phi) is 5.59. The van der Waals surface area contributed by atoms with Crippen LogP contribution in [0, 0.1) is 0 Å². The van der Waals surface area contributed by atoms with Gasteiger partial charge in [-0.2, -0.15) is 5.10 Å². The van der Waals surface area contributed by atoms with E-state index in [0.717, 1.165) is 5.56 Å². The van der Waals surface area contributed by atoms with Crippen LogP contribution in [0.5, 0.6) is 11.5 Å². The summed E-state index contributed by atoms with van der Waals surface area (Å²) in [6, 6.07) is 10.1. The summed E-state index contributed by atoms with van der Waals surface area (Å²) in [5, 5.41) is 13.2. The molecule has 0 fully saturated rings. The minimum absolute atomic E-state index is 0.149. The average Bonchev–Trinajstić information content (AvgIpc) is 2.56. The van der Waals surface area contributed by atoms with Gasteiger partial charge >= 0.3 is 5.97 Å². The number of carbonyl (C=O) groups is 1. The van der Waals surface area contributed by atoms with Gasteiger partial charge in [0.2, 0.25) is 0 Å². The van der Waals surface area contributed by atoms with Crippen LogP contribution in [-0.4, -0.2) is 31.5 Å². The zero-order valence-electron chi connectivity index (χ0n) is 12.5. The fraction of sp³-hybridized carbons (Fsp3) is 0.125. The predicted octanol–water partition coefficient (Wildman–Crippen LogP) is 3.61. The maximum atomic E-state index is 11.1. The van der Waals surface area contributed by atoms with Gasteiger partial charge < -0.3 is 14.6 Å². The van der Waals surface area contributed by atoms with Crippen molar-refractivity contribution in [3.05, 3.63) is 52.0 Å². The first kappa shape index (κ1) is 16.8. The highest BCUT2D eigenvalue weighted by Crippen LogP contribution is 2.36. The third kappa shape index (κ3) is 3.81. The molecule has 0 atom stereocenters. The molecule has 6 nitrogen and oxygen atoms in total. The number of anilines is 1. The first-order valence-electron chi connectivity index (χ1n) is 6.60. The summed E-state index contributed by atoms with van der Waals surface area (Å²) >= 11 is 3.44. The predicted molar refractivity (Wildman–Crippen MR) is 91.9 cm³/mol. The van der Waals surface area contributed by atoms with Crippen LogP contribution in [0.1, 0.15) is 15.9 Å². The molecule has 0 aliphatic rings. The molecule has 0 aliphatic carbocycles. The van der Waals surface area contributed by atoms with Gasteiger partial charge in [-0.25, -0.2) is 4.79 Å². The van der Waals surface area contributed by atoms with Crippen LogP contribution < -0.4 is 14.9 Å². The van der Waals surface area contributed by atoms with Crippen molar-refractivity contribution in [2.45, 2.75) is 0 Å². The molecule has 2 aromatic carbocycles. The zero-order chi connectivity index (χ0) is 16.8. The largest absolute Gasteiger partial charge is 0.493 e. The van der Waals surface area contributed by atoms with E-state index < -0.39 is 5.97 Å². The lowest BCUT2D eigenvalue weighted by atomic mass is 10.2. The van der Waals surface area contributed by atoms with Crippen molar-refractivity contribution in [3.8, 4) is 11.5 Å². The number of aromatic carboxylic acids is 1. The topological polar surface area (TPSA) is 80.2 Å². The fourth-order valence-corrected chi connectivity index (χ4v) is 2.53. The molecule has 0 saturated carbocycles. The summed E-state index contributed by atoms with van der Waals surface area (Å²) < 4.78 is 11.2. The highest BCUT2D eigenvalue weighted by atomic mass is 79.9. The zero-order valence-corrected chi connectivity index (χ0v) is 14.1. The quantitative estimate of drug-likeness (QED) is 0.592. The van der Waals surface area contributed by atoms with Gasteiger partial charge in [-0.1, -0.05) is 12.1 Å². The van der Waals surface area contributed by atoms with Crippen LogP contribution in [0.2, 0.25) is 0 Å². The summed E-state index contributed by atoms with van der Waals surface area (Å²) in [4.78, 5) is 11.1. The number of ether oxygens (including phenoxy) is 2. The van der Waals surface area contributed by atoms with Crippen molar-refractivity contribution < 1.29 is 19.4 Å². The number of carboxylic acid groups (broad SMARTS) is 1. The minimum Gasteiger partial charge on any atom is -0.493 e. The standard InChI is InChI=1S/C16H15BrN2O4/c1-22-13-8-7-10(14(17)15(13)23-2)9-18-19-12-6-4-3-5-11(12)16(20)21/h3-9,19H,1-2H3,(H,20,21). The SMILES string of the molecule is COc1ccc(C=NNc2ccccc2C(=O)O)c(Br)c1OC. The van der Waals surface area contributed by atoms with E-state index in [1.807, 2.05) is 0 Å². The van der Waals surface area contributed by atoms with Crippen molar-refractivity contribution in [1.29, 1.82) is 0 Å². The molecule has 0 saturated heterocycles. The second-order valence-corrected chi connectivity index (χ2v) is 5.22. The number of carboxylic acids is 1. The second kappa shape index (κ2) is 7.64. The van der Waals surface area contributed by atoms with Crippen LogP contribution in [0.25, 0.3) is 0 Å². The molecule has 0 heterocycles. The van der Waals surface area contributed by atoms with Gasteiger partial charge in [-0.15, -0.1) is 0 Å². The molecule has 120 valence electrons. The van der Waals surface area contributed by atoms with E-state index in [1.165, 1.54) is 6.07 Å². The van der Waals surface area contributed by atoms with E-state index in [0.29, 0.717) is 21.7 Å². The molecule has 0 bridgehead atoms. The first-order chi connectivity index (χ1) is 11.1. The van der Waals surface area contributed by atoms with Gasteiger partial charge in [-0.3, -0.25) is 5.43 Å². The molecule has 0 spiro atoms. The van der Waals surface area contributed by atoms with E-state index in [4.69, 9.17) is 14.6 Å². The van der Waals surface area contributed by atoms with Crippen LogP contribution in [-0.2, 0) is 0 Å². The average molecular weight is 379 g/mol. The Morgan fingerprint density at radius 3 is 2.61 bits per heavy atom. The van der Waals surface area contributed by atoms with Gasteiger partial charge in [0.1, 0.15) is 0 Å². The maximum Gasteiger partial charge on any atom is 0.337 e. The Morgan fingerprint density at radius 1 is 1.22 bits per heavy atom. The van der Waals surface area contributed by atoms with Crippen molar-refractivity contribution in [2.75, 3.05) is 19.6 Å². The molecule has 0 unspecified atom stereocenters. The summed E-state index contributed by atoms with van der Waals surface area (Å²) in [6.07, 6.45) is 1.56. The highest BCUT2D eigenvalue weighted by Gasteiger charge is 2.11. The molecular formula is C16H15BrN2O4. The molecule has 0 aliphatic heterocycles. The summed E-state index contributed by atoms with van der Waals surface area (Å²) in [5.41, 5.74) is 4.04. The molecule has 2 rings (SSSR count). The number of hydrogen-bond acceptors (Lipinski definition) is 5. The van der Waals surface area contributed by atoms with E-state index in [9.17, 15) is 4.79 Å². The summed E-state index contributed by atoms with van der Waals surface area (Å²) in [5.74, 6) is 0.138. The lowest BCUT2D eigenvalue weighted by molar-refractivity contribution is 0.0698. The van der Waals surface area contributed by atoms with Crippen molar-refractivity contribution in [1.82, 2.24) is 0 Å². The molecule has 7 heteroatoms. The lowest BCUT2D eigenvalue weighted by Crippen LogP contribution is -2.02. The number of halogens is 1. The summed E-state index contributed by atoms with van der Waals surface area (Å²) in [6.45, 7) is 0. The molecule has 0 amide bonds. The van der Waals surface area contributed by atoms with Crippen LogP contribution >= 0.6 is 15.9 Å². The van der Waals surface area contributed by atoms with E-state index in [2.05, 4.69) is 26.5 Å². The van der Waals surface area contributed by atoms with Crippen LogP contribution in [0.3, 0.4) is 0 Å². The third-order valence-electron chi connectivity index (χ3n) is 3.06. The number of para-hydroxylation sites is 1. The van der Waals surface area contributed by atoms with Crippen molar-refractivity contribution in [2.24, 2.45) is 5.10 Å². The van der Waals surface area contributed by atoms with Gasteiger partial charge in [0.25, 0.3) is 0 Å². The Labute approximate surface area is 141 Å². The smallest absolute Gasteiger partial charge is 0.337 e. The monoisotopic (exact) mass is 378 g/mol. The maximum absolute atomic E-state index is 11.1. The Hall–Kier alpha value is -2.54. The number of benzene rings is 2. The Balaban J connectivity index is 2.24. The molecule has 2 N–H and O–H groups in total. The molecule has 0 aromatic heterocycles. The normalized spacial score (nSPS) is 10.6. The number of hydrazone groups is 1. The van der Waals surface area contributed by atoms with Crippen molar-refractivity contribution >= 4 is 33.8 Å². The molecule has 23 heavy (non-hydrogen) atoms. The fourth-order valence-electron chi connectivity index (χ4n) is 1.94. The second-order valence-electron chi connectivity index (χ2n) is 4.43. The van der Waals surface area contributed by atoms with Crippen molar-refractivity contribution in [3.63, 3.8) is 0 Å². The van der Waals surface area contributed by atoms with E-state index >= 15 is 0 Å².